The van der Waals surface area contributed by atoms with Crippen LogP contribution in [0.1, 0.15) is 12.8 Å². The molecule has 10 nitrogen and oxygen atoms in total. The molecule has 0 unspecified atom stereocenters. The number of imidazole rings is 1. The van der Waals surface area contributed by atoms with E-state index >= 15 is 0 Å². The van der Waals surface area contributed by atoms with Crippen molar-refractivity contribution in [2.24, 2.45) is 10.2 Å². The summed E-state index contributed by atoms with van der Waals surface area (Å²) in [6.45, 7) is 1.91. The van der Waals surface area contributed by atoms with E-state index in [0.29, 0.717) is 22.8 Å². The third-order valence-corrected chi connectivity index (χ3v) is 10.5. The van der Waals surface area contributed by atoms with E-state index < -0.39 is 29.7 Å². The Morgan fingerprint density at radius 1 is 0.733 bits per heavy atom. The fourth-order valence-corrected chi connectivity index (χ4v) is 8.67. The molecule has 6 rings (SSSR count). The number of aromatic nitrogens is 2. The topological polar surface area (TPSA) is 114 Å². The highest BCUT2D eigenvalue weighted by atomic mass is 32.2. The molecule has 12 heteroatoms. The molecule has 1 aromatic heterocycles. The minimum absolute atomic E-state index is 0.0343. The Bertz CT molecular complexity index is 2080. The molecule has 1 aliphatic heterocycles. The smallest absolute Gasteiger partial charge is 0.433 e. The lowest BCUT2D eigenvalue weighted by atomic mass is 10.2. The minimum Gasteiger partial charge on any atom is -0.494 e. The Morgan fingerprint density at radius 3 is 1.93 bits per heavy atom. The maximum Gasteiger partial charge on any atom is 0.433 e. The van der Waals surface area contributed by atoms with Crippen molar-refractivity contribution in [3.8, 4) is 17.1 Å². The number of hydrogen-bond acceptors (Lipinski definition) is 8. The zero-order valence-corrected chi connectivity index (χ0v) is 26.4. The predicted molar refractivity (Wildman–Crippen MR) is 171 cm³/mol. The van der Waals surface area contributed by atoms with E-state index in [-0.39, 0.29) is 10.8 Å². The Kier molecular flexibility index (Phi) is 8.26. The third kappa shape index (κ3) is 5.86. The average Bonchev–Trinajstić information content (AvgIpc) is 3.72. The first kappa shape index (κ1) is 30.2. The molecule has 4 aromatic carbocycles. The third-order valence-electron chi connectivity index (χ3n) is 7.56. The highest BCUT2D eigenvalue weighted by Gasteiger charge is 2.44. The number of methoxy groups -OCH3 is 1. The van der Waals surface area contributed by atoms with Gasteiger partial charge in [0, 0.05) is 36.2 Å². The highest BCUT2D eigenvalue weighted by molar-refractivity contribution is 7.94. The molecular formula is C33H32N5O5S2+. The summed E-state index contributed by atoms with van der Waals surface area (Å²) in [6, 6.07) is 30.7. The molecule has 230 valence electrons. The fourth-order valence-electron chi connectivity index (χ4n) is 5.47. The second-order valence-electron chi connectivity index (χ2n) is 10.6. The van der Waals surface area contributed by atoms with Crippen LogP contribution in [0, 0.1) is 0 Å². The summed E-state index contributed by atoms with van der Waals surface area (Å²) in [5.41, 5.74) is 2.18. The molecule has 0 saturated carbocycles. The summed E-state index contributed by atoms with van der Waals surface area (Å²) in [5, 5.41) is 8.24. The van der Waals surface area contributed by atoms with Gasteiger partial charge in [-0.15, -0.1) is 0 Å². The molecule has 0 atom stereocenters. The number of ether oxygens (including phenoxy) is 1. The standard InChI is InChI=1S/C33H32N5O5S2/c1-43-30-24-27(36-22-12-13-23-36)20-21-29(30)34-35-33-37(25-14-6-3-7-15-25)31(44(2,39)40)32(38(33)26-16-8-4-9-17-26)45(41,42)28-18-10-5-11-19-28/h3-11,14-21,24H,12-13,22-23H2,1-2H3/q+1. The summed E-state index contributed by atoms with van der Waals surface area (Å²) in [6.07, 6.45) is 3.23. The van der Waals surface area contributed by atoms with Gasteiger partial charge in [0.25, 0.3) is 10.1 Å². The van der Waals surface area contributed by atoms with E-state index in [2.05, 4.69) is 15.1 Å². The molecule has 0 radical (unpaired) electrons. The molecule has 0 bridgehead atoms. The fraction of sp³-hybridized carbons (Fsp3) is 0.182. The van der Waals surface area contributed by atoms with Crippen molar-refractivity contribution in [3.63, 3.8) is 0 Å². The quantitative estimate of drug-likeness (QED) is 0.144. The normalized spacial score (nSPS) is 13.9. The number of hydrogen-bond donors (Lipinski definition) is 0. The maximum absolute atomic E-state index is 14.4. The van der Waals surface area contributed by atoms with Gasteiger partial charge in [-0.25, -0.2) is 16.8 Å². The lowest BCUT2D eigenvalue weighted by Crippen LogP contribution is -2.36. The second-order valence-corrected chi connectivity index (χ2v) is 14.4. The molecule has 5 aromatic rings. The van der Waals surface area contributed by atoms with E-state index in [1.54, 1.807) is 92.0 Å². The predicted octanol–water partition coefficient (Wildman–Crippen LogP) is 6.01. The minimum atomic E-state index is -4.42. The maximum atomic E-state index is 14.4. The van der Waals surface area contributed by atoms with Crippen molar-refractivity contribution in [2.45, 2.75) is 27.8 Å². The van der Waals surface area contributed by atoms with Crippen LogP contribution in [0.3, 0.4) is 0 Å². The molecule has 1 fully saturated rings. The van der Waals surface area contributed by atoms with Crippen molar-refractivity contribution in [1.29, 1.82) is 0 Å². The van der Waals surface area contributed by atoms with Crippen molar-refractivity contribution in [1.82, 2.24) is 4.57 Å². The zero-order chi connectivity index (χ0) is 31.6. The van der Waals surface area contributed by atoms with Crippen LogP contribution in [-0.4, -0.2) is 47.9 Å². The Labute approximate surface area is 262 Å². The van der Waals surface area contributed by atoms with Crippen LogP contribution in [0.2, 0.25) is 0 Å². The monoisotopic (exact) mass is 642 g/mol. The van der Waals surface area contributed by atoms with Gasteiger partial charge in [0.05, 0.1) is 12.0 Å². The van der Waals surface area contributed by atoms with Crippen molar-refractivity contribution < 1.29 is 26.1 Å². The summed E-state index contributed by atoms with van der Waals surface area (Å²) in [5.74, 6) is 0.445. The van der Waals surface area contributed by atoms with E-state index in [1.807, 2.05) is 12.1 Å². The van der Waals surface area contributed by atoms with Crippen LogP contribution in [-0.2, 0) is 19.7 Å². The summed E-state index contributed by atoms with van der Waals surface area (Å²) < 4.78 is 64.5. The van der Waals surface area contributed by atoms with Crippen LogP contribution >= 0.6 is 0 Å². The molecule has 2 heterocycles. The Balaban J connectivity index is 1.68. The van der Waals surface area contributed by atoms with Crippen LogP contribution in [0.25, 0.3) is 11.4 Å². The van der Waals surface area contributed by atoms with Gasteiger partial charge in [-0.3, -0.25) is 0 Å². The van der Waals surface area contributed by atoms with Gasteiger partial charge >= 0.3 is 5.95 Å². The van der Waals surface area contributed by atoms with Crippen LogP contribution in [0.15, 0.2) is 134 Å². The number of rotatable bonds is 9. The molecular weight excluding hydrogens is 611 g/mol. The zero-order valence-electron chi connectivity index (χ0n) is 24.8. The van der Waals surface area contributed by atoms with Crippen LogP contribution < -0.4 is 14.2 Å². The highest BCUT2D eigenvalue weighted by Crippen LogP contribution is 2.37. The second kappa shape index (κ2) is 12.3. The first-order valence-corrected chi connectivity index (χ1v) is 17.7. The molecule has 0 N–H and O–H groups in total. The Hall–Kier alpha value is -4.81. The molecule has 1 saturated heterocycles. The van der Waals surface area contributed by atoms with E-state index in [4.69, 9.17) is 4.74 Å². The van der Waals surface area contributed by atoms with E-state index in [0.717, 1.165) is 37.9 Å². The SMILES string of the molecule is COc1cc(N2CCCC2)ccc1N=Nc1n(-c2ccccc2)c(S(=O)(=O)c2ccccc2)c(S(C)(=O)=O)[n+]1-c1ccccc1. The molecule has 0 amide bonds. The molecule has 45 heavy (non-hydrogen) atoms. The van der Waals surface area contributed by atoms with Gasteiger partial charge < -0.3 is 9.64 Å². The number of benzene rings is 4. The van der Waals surface area contributed by atoms with Gasteiger partial charge in [0.1, 0.15) is 22.8 Å². The number of nitrogens with zero attached hydrogens (tertiary/aromatic N) is 5. The van der Waals surface area contributed by atoms with Gasteiger partial charge in [0.2, 0.25) is 19.7 Å². The van der Waals surface area contributed by atoms with Gasteiger partial charge in [-0.1, -0.05) is 59.7 Å². The summed E-state index contributed by atoms with van der Waals surface area (Å²) in [7, 11) is -7.07. The largest absolute Gasteiger partial charge is 0.494 e. The number of sulfone groups is 2. The number of para-hydroxylation sites is 2. The van der Waals surface area contributed by atoms with Crippen LogP contribution in [0.5, 0.6) is 5.75 Å². The average molecular weight is 643 g/mol. The molecule has 0 spiro atoms. The van der Waals surface area contributed by atoms with Crippen LogP contribution in [0.4, 0.5) is 17.3 Å². The van der Waals surface area contributed by atoms with Gasteiger partial charge in [0.15, 0.2) is 0 Å². The summed E-state index contributed by atoms with van der Waals surface area (Å²) >= 11 is 0. The van der Waals surface area contributed by atoms with Crippen molar-refractivity contribution in [3.05, 3.63) is 109 Å². The van der Waals surface area contributed by atoms with Gasteiger partial charge in [-0.05, 0) is 61.4 Å². The lowest BCUT2D eigenvalue weighted by Gasteiger charge is -2.18. The first-order chi connectivity index (χ1) is 21.7. The van der Waals surface area contributed by atoms with Crippen molar-refractivity contribution in [2.75, 3.05) is 31.4 Å². The first-order valence-electron chi connectivity index (χ1n) is 14.4. The van der Waals surface area contributed by atoms with Gasteiger partial charge in [-0.2, -0.15) is 9.13 Å². The Morgan fingerprint density at radius 2 is 1.33 bits per heavy atom. The molecule has 1 aliphatic rings. The molecule has 0 aliphatic carbocycles. The number of azo groups is 1. The van der Waals surface area contributed by atoms with Crippen molar-refractivity contribution >= 4 is 37.0 Å². The summed E-state index contributed by atoms with van der Waals surface area (Å²) in [4.78, 5) is 2.21. The lowest BCUT2D eigenvalue weighted by molar-refractivity contribution is -0.623. The number of anilines is 1. The van der Waals surface area contributed by atoms with E-state index in [9.17, 15) is 16.8 Å². The van der Waals surface area contributed by atoms with E-state index in [1.165, 1.54) is 21.3 Å².